The number of likely N-dealkylation sites (tertiary alicyclic amines) is 1. The predicted octanol–water partition coefficient (Wildman–Crippen LogP) is 3.50. The minimum Gasteiger partial charge on any atom is -0.466 e. The Morgan fingerprint density at radius 2 is 2.15 bits per heavy atom. The molecule has 1 aromatic carbocycles. The second-order valence-corrected chi connectivity index (χ2v) is 8.08. The maximum Gasteiger partial charge on any atom is 0.309 e. The first kappa shape index (κ1) is 19.0. The first-order chi connectivity index (χ1) is 12.5. The molecule has 2 aromatic rings. The van der Waals surface area contributed by atoms with E-state index in [1.807, 2.05) is 30.9 Å². The van der Waals surface area contributed by atoms with E-state index >= 15 is 0 Å². The molecule has 6 nitrogen and oxygen atoms in total. The molecule has 0 radical (unpaired) electrons. The van der Waals surface area contributed by atoms with Crippen molar-refractivity contribution in [2.75, 3.05) is 19.7 Å². The van der Waals surface area contributed by atoms with Crippen LogP contribution in [0.1, 0.15) is 26.7 Å². The zero-order chi connectivity index (χ0) is 18.7. The number of halogens is 1. The number of thioether (sulfide) groups is 1. The van der Waals surface area contributed by atoms with Gasteiger partial charge in [-0.3, -0.25) is 9.59 Å². The molecule has 0 spiro atoms. The lowest BCUT2D eigenvalue weighted by molar-refractivity contribution is -0.151. The fraction of sp³-hybridized carbons (Fsp3) is 0.500. The number of carbonyl (C=O) groups excluding carboxylic acids is 2. The van der Waals surface area contributed by atoms with Gasteiger partial charge in [0.25, 0.3) is 0 Å². The van der Waals surface area contributed by atoms with Crippen molar-refractivity contribution in [3.05, 3.63) is 23.2 Å². The van der Waals surface area contributed by atoms with Gasteiger partial charge < -0.3 is 14.6 Å². The Labute approximate surface area is 161 Å². The maximum atomic E-state index is 12.7. The molecule has 8 heteroatoms. The number of amides is 1. The smallest absolute Gasteiger partial charge is 0.309 e. The molecule has 26 heavy (non-hydrogen) atoms. The predicted molar refractivity (Wildman–Crippen MR) is 102 cm³/mol. The molecule has 1 aliphatic heterocycles. The molecule has 0 bridgehead atoms. The number of rotatable bonds is 5. The van der Waals surface area contributed by atoms with Gasteiger partial charge in [-0.15, -0.1) is 0 Å². The van der Waals surface area contributed by atoms with E-state index in [9.17, 15) is 9.59 Å². The van der Waals surface area contributed by atoms with Crippen molar-refractivity contribution >= 4 is 46.3 Å². The summed E-state index contributed by atoms with van der Waals surface area (Å²) in [5, 5.41) is 1.08. The summed E-state index contributed by atoms with van der Waals surface area (Å²) >= 11 is 7.39. The number of aromatic nitrogens is 2. The second kappa shape index (κ2) is 8.31. The van der Waals surface area contributed by atoms with Crippen LogP contribution in [0.4, 0.5) is 0 Å². The number of imidazole rings is 1. The number of hydrogen-bond donors (Lipinski definition) is 1. The average molecular weight is 396 g/mol. The van der Waals surface area contributed by atoms with Crippen LogP contribution < -0.4 is 0 Å². The van der Waals surface area contributed by atoms with Gasteiger partial charge in [-0.1, -0.05) is 23.4 Å². The molecule has 140 valence electrons. The summed E-state index contributed by atoms with van der Waals surface area (Å²) in [6.07, 6.45) is 1.32. The molecule has 3 rings (SSSR count). The van der Waals surface area contributed by atoms with E-state index in [0.717, 1.165) is 11.0 Å². The van der Waals surface area contributed by atoms with Crippen molar-refractivity contribution in [3.63, 3.8) is 0 Å². The van der Waals surface area contributed by atoms with E-state index in [0.29, 0.717) is 42.7 Å². The molecule has 1 amide bonds. The third-order valence-electron chi connectivity index (χ3n) is 4.48. The molecule has 0 saturated carbocycles. The summed E-state index contributed by atoms with van der Waals surface area (Å²) < 4.78 is 5.07. The van der Waals surface area contributed by atoms with Gasteiger partial charge in [0, 0.05) is 18.1 Å². The highest BCUT2D eigenvalue weighted by Crippen LogP contribution is 2.27. The molecule has 1 atom stereocenters. The number of piperidine rings is 1. The largest absolute Gasteiger partial charge is 0.466 e. The van der Waals surface area contributed by atoms with Gasteiger partial charge in [0.2, 0.25) is 5.91 Å². The third-order valence-corrected chi connectivity index (χ3v) is 5.69. The normalized spacial score (nSPS) is 16.7. The number of carbonyl (C=O) groups is 2. The Hall–Kier alpha value is -1.73. The molecule has 1 aliphatic rings. The maximum absolute atomic E-state index is 12.7. The number of fused-ring (bicyclic) bond motifs is 1. The van der Waals surface area contributed by atoms with Crippen molar-refractivity contribution in [2.24, 2.45) is 5.92 Å². The number of benzene rings is 1. The number of hydrogen-bond acceptors (Lipinski definition) is 5. The number of H-pyrrole nitrogens is 1. The molecular weight excluding hydrogens is 374 g/mol. The van der Waals surface area contributed by atoms with Crippen LogP contribution in [0.3, 0.4) is 0 Å². The summed E-state index contributed by atoms with van der Waals surface area (Å²) in [5.74, 6) is -0.180. The first-order valence-electron chi connectivity index (χ1n) is 8.75. The van der Waals surface area contributed by atoms with Gasteiger partial charge >= 0.3 is 5.97 Å². The monoisotopic (exact) mass is 395 g/mol. The van der Waals surface area contributed by atoms with Gasteiger partial charge in [0.1, 0.15) is 0 Å². The summed E-state index contributed by atoms with van der Waals surface area (Å²) in [7, 11) is 0. The first-order valence-corrected chi connectivity index (χ1v) is 10.0. The highest BCUT2D eigenvalue weighted by molar-refractivity contribution is 8.00. The Kier molecular flexibility index (Phi) is 6.09. The Morgan fingerprint density at radius 1 is 1.42 bits per heavy atom. The molecular formula is C18H22ClN3O3S. The van der Waals surface area contributed by atoms with Crippen LogP contribution in [0, 0.1) is 5.92 Å². The van der Waals surface area contributed by atoms with Gasteiger partial charge in [-0.2, -0.15) is 0 Å². The standard InChI is InChI=1S/C18H22ClN3O3S/c1-3-25-17(24)12-6-8-22(9-7-12)16(23)11(2)26-18-20-14-5-4-13(19)10-15(14)21-18/h4-5,10-12H,3,6-9H2,1-2H3,(H,20,21)/t11-/m0/s1. The van der Waals surface area contributed by atoms with Gasteiger partial charge in [-0.05, 0) is 44.9 Å². The summed E-state index contributed by atoms with van der Waals surface area (Å²) in [4.78, 5) is 34.0. The van der Waals surface area contributed by atoms with Crippen LogP contribution in [0.2, 0.25) is 5.02 Å². The van der Waals surface area contributed by atoms with E-state index in [1.165, 1.54) is 11.8 Å². The Bertz CT molecular complexity index is 802. The zero-order valence-corrected chi connectivity index (χ0v) is 16.4. The molecule has 1 saturated heterocycles. The highest BCUT2D eigenvalue weighted by atomic mass is 35.5. The Morgan fingerprint density at radius 3 is 2.85 bits per heavy atom. The molecule has 1 aromatic heterocycles. The Balaban J connectivity index is 1.57. The number of nitrogens with zero attached hydrogens (tertiary/aromatic N) is 2. The van der Waals surface area contributed by atoms with Crippen molar-refractivity contribution in [1.82, 2.24) is 14.9 Å². The van der Waals surface area contributed by atoms with Crippen molar-refractivity contribution in [1.29, 1.82) is 0 Å². The lowest BCUT2D eigenvalue weighted by atomic mass is 9.97. The van der Waals surface area contributed by atoms with Gasteiger partial charge in [0.15, 0.2) is 5.16 Å². The molecule has 1 fully saturated rings. The molecule has 0 unspecified atom stereocenters. The number of esters is 1. The van der Waals surface area contributed by atoms with Crippen LogP contribution in [-0.4, -0.2) is 51.7 Å². The second-order valence-electron chi connectivity index (χ2n) is 6.32. The van der Waals surface area contributed by atoms with Crippen LogP contribution in [0.25, 0.3) is 11.0 Å². The number of ether oxygens (including phenoxy) is 1. The minimum absolute atomic E-state index is 0.0656. The van der Waals surface area contributed by atoms with E-state index in [4.69, 9.17) is 16.3 Å². The molecule has 2 heterocycles. The zero-order valence-electron chi connectivity index (χ0n) is 14.8. The SMILES string of the molecule is CCOC(=O)C1CCN(C(=O)[C@H](C)Sc2nc3ccc(Cl)cc3[nH]2)CC1. The van der Waals surface area contributed by atoms with Crippen molar-refractivity contribution in [3.8, 4) is 0 Å². The lowest BCUT2D eigenvalue weighted by Crippen LogP contribution is -2.43. The van der Waals surface area contributed by atoms with Crippen LogP contribution in [-0.2, 0) is 14.3 Å². The molecule has 0 aliphatic carbocycles. The van der Waals surface area contributed by atoms with E-state index in [1.54, 1.807) is 6.07 Å². The van der Waals surface area contributed by atoms with Gasteiger partial charge in [-0.25, -0.2) is 4.98 Å². The van der Waals surface area contributed by atoms with Crippen molar-refractivity contribution in [2.45, 2.75) is 37.1 Å². The van der Waals surface area contributed by atoms with Crippen molar-refractivity contribution < 1.29 is 14.3 Å². The fourth-order valence-electron chi connectivity index (χ4n) is 3.08. The topological polar surface area (TPSA) is 75.3 Å². The van der Waals surface area contributed by atoms with E-state index < -0.39 is 0 Å². The van der Waals surface area contributed by atoms with E-state index in [2.05, 4.69) is 9.97 Å². The highest BCUT2D eigenvalue weighted by Gasteiger charge is 2.30. The third kappa shape index (κ3) is 4.32. The lowest BCUT2D eigenvalue weighted by Gasteiger charge is -2.32. The average Bonchev–Trinajstić information content (AvgIpc) is 3.02. The van der Waals surface area contributed by atoms with Crippen LogP contribution >= 0.6 is 23.4 Å². The van der Waals surface area contributed by atoms with Gasteiger partial charge in [0.05, 0.1) is 28.8 Å². The summed E-state index contributed by atoms with van der Waals surface area (Å²) in [6, 6.07) is 5.47. The quantitative estimate of drug-likeness (QED) is 0.619. The summed E-state index contributed by atoms with van der Waals surface area (Å²) in [6.45, 7) is 5.26. The minimum atomic E-state index is -0.259. The van der Waals surface area contributed by atoms with Crippen LogP contribution in [0.15, 0.2) is 23.4 Å². The fourth-order valence-corrected chi connectivity index (χ4v) is 4.16. The number of nitrogens with one attached hydrogen (secondary N) is 1. The van der Waals surface area contributed by atoms with E-state index in [-0.39, 0.29) is 23.0 Å². The number of aromatic amines is 1. The molecule has 1 N–H and O–H groups in total. The van der Waals surface area contributed by atoms with Crippen LogP contribution in [0.5, 0.6) is 0 Å². The summed E-state index contributed by atoms with van der Waals surface area (Å²) in [5.41, 5.74) is 1.68.